The molecule has 9 heavy (non-hydrogen) atoms. The van der Waals surface area contributed by atoms with E-state index >= 15 is 0 Å². The highest BCUT2D eigenvalue weighted by molar-refractivity contribution is 5.79. The summed E-state index contributed by atoms with van der Waals surface area (Å²) >= 11 is 0. The average Bonchev–Trinajstić information content (AvgIpc) is 1.89. The Balaban J connectivity index is 3.07. The fourth-order valence-corrected chi connectivity index (χ4v) is 0.509. The highest BCUT2D eigenvalue weighted by Crippen LogP contribution is 1.87. The zero-order chi connectivity index (χ0) is 7.11. The van der Waals surface area contributed by atoms with Gasteiger partial charge in [-0.2, -0.15) is 0 Å². The van der Waals surface area contributed by atoms with Gasteiger partial charge in [0.15, 0.2) is 0 Å². The Morgan fingerprint density at radius 3 is 2.78 bits per heavy atom. The molecule has 0 amide bonds. The van der Waals surface area contributed by atoms with Crippen molar-refractivity contribution in [2.24, 2.45) is 10.7 Å². The summed E-state index contributed by atoms with van der Waals surface area (Å²) in [7, 11) is 3.38. The summed E-state index contributed by atoms with van der Waals surface area (Å²) in [5.74, 6) is 0.701. The predicted molar refractivity (Wildman–Crippen MR) is 38.7 cm³/mol. The van der Waals surface area contributed by atoms with Crippen LogP contribution >= 0.6 is 0 Å². The molecule has 0 saturated heterocycles. The van der Waals surface area contributed by atoms with Gasteiger partial charge in [0.1, 0.15) is 0 Å². The maximum atomic E-state index is 5.41. The maximum absolute atomic E-state index is 5.41. The zero-order valence-electron chi connectivity index (χ0n) is 6.05. The molecule has 0 aliphatic rings. The molecule has 0 saturated carbocycles. The summed E-state index contributed by atoms with van der Waals surface area (Å²) in [4.78, 5) is 3.80. The van der Waals surface area contributed by atoms with Gasteiger partial charge in [0.25, 0.3) is 0 Å². The first-order valence-electron chi connectivity index (χ1n) is 3.01. The monoisotopic (exact) mass is 130 g/mol. The molecule has 0 bridgehead atoms. The van der Waals surface area contributed by atoms with Crippen LogP contribution < -0.4 is 5.73 Å². The molecule has 0 aliphatic heterocycles. The number of hydrogen-bond donors (Lipinski definition) is 1. The minimum Gasteiger partial charge on any atom is -0.387 e. The molecule has 0 radical (unpaired) electrons. The van der Waals surface area contributed by atoms with Crippen molar-refractivity contribution in [3.8, 4) is 0 Å². The standard InChI is InChI=1S/C6H14N2O/c1-8-6(7)4-3-5-9-2/h3-5H2,1-2H3,(H2,7,8). The Labute approximate surface area is 55.9 Å². The van der Waals surface area contributed by atoms with E-state index in [2.05, 4.69) is 4.99 Å². The van der Waals surface area contributed by atoms with E-state index in [0.717, 1.165) is 19.4 Å². The van der Waals surface area contributed by atoms with Gasteiger partial charge in [-0.05, 0) is 6.42 Å². The lowest BCUT2D eigenvalue weighted by Crippen LogP contribution is -2.11. The van der Waals surface area contributed by atoms with Gasteiger partial charge in [-0.3, -0.25) is 4.99 Å². The van der Waals surface area contributed by atoms with Gasteiger partial charge in [0.2, 0.25) is 0 Å². The fraction of sp³-hybridized carbons (Fsp3) is 0.833. The molecule has 54 valence electrons. The van der Waals surface area contributed by atoms with Crippen LogP contribution in [-0.4, -0.2) is 26.6 Å². The van der Waals surface area contributed by atoms with Crippen LogP contribution in [0.3, 0.4) is 0 Å². The Bertz CT molecular complexity index is 91.1. The highest BCUT2D eigenvalue weighted by Gasteiger charge is 1.88. The molecular weight excluding hydrogens is 116 g/mol. The van der Waals surface area contributed by atoms with Crippen molar-refractivity contribution in [2.75, 3.05) is 20.8 Å². The second-order valence-corrected chi connectivity index (χ2v) is 1.81. The number of hydrogen-bond acceptors (Lipinski definition) is 2. The topological polar surface area (TPSA) is 47.6 Å². The van der Waals surface area contributed by atoms with Crippen LogP contribution in [0.4, 0.5) is 0 Å². The van der Waals surface area contributed by atoms with E-state index in [1.54, 1.807) is 14.2 Å². The number of amidine groups is 1. The summed E-state index contributed by atoms with van der Waals surface area (Å²) in [6.07, 6.45) is 1.80. The molecule has 0 aromatic heterocycles. The molecule has 0 aromatic rings. The Morgan fingerprint density at radius 1 is 1.67 bits per heavy atom. The first-order chi connectivity index (χ1) is 4.31. The van der Waals surface area contributed by atoms with E-state index in [0.29, 0.717) is 5.84 Å². The molecule has 3 nitrogen and oxygen atoms in total. The molecule has 0 atom stereocenters. The summed E-state index contributed by atoms with van der Waals surface area (Å²) in [5.41, 5.74) is 5.41. The number of rotatable bonds is 4. The van der Waals surface area contributed by atoms with Crippen molar-refractivity contribution >= 4 is 5.84 Å². The van der Waals surface area contributed by atoms with Crippen molar-refractivity contribution in [2.45, 2.75) is 12.8 Å². The van der Waals surface area contributed by atoms with Gasteiger partial charge in [-0.1, -0.05) is 0 Å². The van der Waals surface area contributed by atoms with Gasteiger partial charge in [-0.15, -0.1) is 0 Å². The van der Waals surface area contributed by atoms with Crippen molar-refractivity contribution < 1.29 is 4.74 Å². The number of aliphatic imine (C=N–C) groups is 1. The van der Waals surface area contributed by atoms with Gasteiger partial charge >= 0.3 is 0 Å². The molecule has 0 aromatic carbocycles. The summed E-state index contributed by atoms with van der Waals surface area (Å²) in [6, 6.07) is 0. The van der Waals surface area contributed by atoms with Gasteiger partial charge < -0.3 is 10.5 Å². The zero-order valence-corrected chi connectivity index (χ0v) is 6.05. The molecule has 0 heterocycles. The first-order valence-corrected chi connectivity index (χ1v) is 3.01. The Kier molecular flexibility index (Phi) is 5.21. The van der Waals surface area contributed by atoms with Crippen molar-refractivity contribution in [3.05, 3.63) is 0 Å². The Hall–Kier alpha value is -0.570. The maximum Gasteiger partial charge on any atom is 0.0934 e. The summed E-state index contributed by atoms with van der Waals surface area (Å²) in [6.45, 7) is 0.760. The van der Waals surface area contributed by atoms with Crippen molar-refractivity contribution in [3.63, 3.8) is 0 Å². The van der Waals surface area contributed by atoms with Crippen LogP contribution in [0.1, 0.15) is 12.8 Å². The average molecular weight is 130 g/mol. The second-order valence-electron chi connectivity index (χ2n) is 1.81. The van der Waals surface area contributed by atoms with E-state index in [9.17, 15) is 0 Å². The van der Waals surface area contributed by atoms with Gasteiger partial charge in [-0.25, -0.2) is 0 Å². The predicted octanol–water partition coefficient (Wildman–Crippen LogP) is 0.400. The molecule has 0 spiro atoms. The van der Waals surface area contributed by atoms with E-state index < -0.39 is 0 Å². The van der Waals surface area contributed by atoms with Crippen molar-refractivity contribution in [1.82, 2.24) is 0 Å². The van der Waals surface area contributed by atoms with Crippen LogP contribution in [0.2, 0.25) is 0 Å². The number of methoxy groups -OCH3 is 1. The van der Waals surface area contributed by atoms with Crippen LogP contribution in [0, 0.1) is 0 Å². The fourth-order valence-electron chi connectivity index (χ4n) is 0.509. The van der Waals surface area contributed by atoms with E-state index in [4.69, 9.17) is 10.5 Å². The lowest BCUT2D eigenvalue weighted by atomic mass is 10.3. The van der Waals surface area contributed by atoms with Crippen LogP contribution in [-0.2, 0) is 4.74 Å². The quantitative estimate of drug-likeness (QED) is 0.340. The number of nitrogens with two attached hydrogens (primary N) is 1. The largest absolute Gasteiger partial charge is 0.387 e. The molecule has 2 N–H and O–H groups in total. The normalized spacial score (nSPS) is 12.0. The second kappa shape index (κ2) is 5.56. The number of ether oxygens (including phenoxy) is 1. The molecule has 3 heteroatoms. The third-order valence-corrected chi connectivity index (χ3v) is 1.07. The van der Waals surface area contributed by atoms with Crippen molar-refractivity contribution in [1.29, 1.82) is 0 Å². The lowest BCUT2D eigenvalue weighted by Gasteiger charge is -1.96. The van der Waals surface area contributed by atoms with E-state index in [-0.39, 0.29) is 0 Å². The molecule has 0 unspecified atom stereocenters. The molecule has 0 rings (SSSR count). The minimum absolute atomic E-state index is 0.701. The summed E-state index contributed by atoms with van der Waals surface area (Å²) < 4.78 is 4.83. The van der Waals surface area contributed by atoms with Gasteiger partial charge in [0, 0.05) is 27.2 Å². The molecule has 0 aliphatic carbocycles. The third kappa shape index (κ3) is 5.30. The SMILES string of the molecule is CN=C(N)CCCOC. The van der Waals surface area contributed by atoms with E-state index in [1.165, 1.54) is 0 Å². The summed E-state index contributed by atoms with van der Waals surface area (Å²) in [5, 5.41) is 0. The molecule has 0 fully saturated rings. The first kappa shape index (κ1) is 8.43. The van der Waals surface area contributed by atoms with Crippen LogP contribution in [0.15, 0.2) is 4.99 Å². The molecular formula is C6H14N2O. The highest BCUT2D eigenvalue weighted by atomic mass is 16.5. The van der Waals surface area contributed by atoms with Crippen LogP contribution in [0.5, 0.6) is 0 Å². The lowest BCUT2D eigenvalue weighted by molar-refractivity contribution is 0.196. The van der Waals surface area contributed by atoms with Gasteiger partial charge in [0.05, 0.1) is 5.84 Å². The third-order valence-electron chi connectivity index (χ3n) is 1.07. The van der Waals surface area contributed by atoms with Crippen LogP contribution in [0.25, 0.3) is 0 Å². The Morgan fingerprint density at radius 2 is 2.33 bits per heavy atom. The van der Waals surface area contributed by atoms with E-state index in [1.807, 2.05) is 0 Å². The minimum atomic E-state index is 0.701. The smallest absolute Gasteiger partial charge is 0.0934 e. The number of nitrogens with zero attached hydrogens (tertiary/aromatic N) is 1.